The number of hydrazone groups is 1. The molecule has 0 aliphatic carbocycles. The van der Waals surface area contributed by atoms with Gasteiger partial charge in [0, 0.05) is 19.0 Å². The molecule has 3 heterocycles. The van der Waals surface area contributed by atoms with Crippen LogP contribution in [0.4, 0.5) is 5.69 Å². The smallest absolute Gasteiger partial charge is 0.266 e. The van der Waals surface area contributed by atoms with Crippen molar-refractivity contribution in [2.75, 3.05) is 12.1 Å². The molecule has 0 bridgehead atoms. The van der Waals surface area contributed by atoms with Gasteiger partial charge in [-0.25, -0.2) is 4.98 Å². The van der Waals surface area contributed by atoms with Gasteiger partial charge < -0.3 is 0 Å². The zero-order valence-electron chi connectivity index (χ0n) is 17.7. The van der Waals surface area contributed by atoms with Crippen LogP contribution in [0.5, 0.6) is 0 Å². The van der Waals surface area contributed by atoms with Gasteiger partial charge in [0.15, 0.2) is 10.2 Å². The third-order valence-corrected chi connectivity index (χ3v) is 6.52. The van der Waals surface area contributed by atoms with Crippen LogP contribution in [0.15, 0.2) is 63.6 Å². The van der Waals surface area contributed by atoms with E-state index < -0.39 is 0 Å². The van der Waals surface area contributed by atoms with Gasteiger partial charge in [-0.2, -0.15) is 20.1 Å². The van der Waals surface area contributed by atoms with E-state index in [2.05, 4.69) is 21.3 Å². The van der Waals surface area contributed by atoms with Crippen LogP contribution in [0, 0.1) is 18.3 Å². The normalized spacial score (nSPS) is 12.2. The van der Waals surface area contributed by atoms with Crippen molar-refractivity contribution in [2.45, 2.75) is 31.4 Å². The number of anilines is 1. The third-order valence-electron chi connectivity index (χ3n) is 4.29. The Hall–Kier alpha value is -3.09. The molecule has 4 rings (SSSR count). The fourth-order valence-corrected chi connectivity index (χ4v) is 4.97. The van der Waals surface area contributed by atoms with Crippen LogP contribution in [0.2, 0.25) is 0 Å². The molecule has 0 spiro atoms. The minimum Gasteiger partial charge on any atom is -0.266 e. The molecular weight excluding hydrogens is 428 g/mol. The molecule has 2 aromatic heterocycles. The van der Waals surface area contributed by atoms with Gasteiger partial charge in [-0.1, -0.05) is 55.6 Å². The quantitative estimate of drug-likeness (QED) is 0.577. The lowest BCUT2D eigenvalue weighted by Gasteiger charge is -2.23. The summed E-state index contributed by atoms with van der Waals surface area (Å²) in [7, 11) is 1.79. The van der Waals surface area contributed by atoms with Crippen LogP contribution in [0.3, 0.4) is 0 Å². The van der Waals surface area contributed by atoms with Crippen LogP contribution in [-0.2, 0) is 5.75 Å². The number of nitriles is 1. The largest absolute Gasteiger partial charge is 0.289 e. The Morgan fingerprint density at radius 2 is 2.03 bits per heavy atom. The molecule has 9 heteroatoms. The number of aryl methyl sites for hydroxylation is 1. The van der Waals surface area contributed by atoms with Crippen LogP contribution in [-0.4, -0.2) is 26.2 Å². The van der Waals surface area contributed by atoms with E-state index in [1.165, 1.54) is 28.2 Å². The minimum absolute atomic E-state index is 0.237. The fourth-order valence-electron chi connectivity index (χ4n) is 2.80. The van der Waals surface area contributed by atoms with Crippen molar-refractivity contribution in [3.05, 3.63) is 75.8 Å². The summed E-state index contributed by atoms with van der Waals surface area (Å²) in [5.41, 5.74) is 3.08. The predicted octanol–water partition coefficient (Wildman–Crippen LogP) is 4.58. The molecule has 0 atom stereocenters. The highest BCUT2D eigenvalue weighted by Gasteiger charge is 2.24. The van der Waals surface area contributed by atoms with Gasteiger partial charge >= 0.3 is 0 Å². The highest BCUT2D eigenvalue weighted by molar-refractivity contribution is 8.38. The van der Waals surface area contributed by atoms with E-state index in [1.54, 1.807) is 36.6 Å². The Labute approximate surface area is 189 Å². The van der Waals surface area contributed by atoms with Crippen molar-refractivity contribution in [1.29, 1.82) is 5.26 Å². The zero-order valence-corrected chi connectivity index (χ0v) is 19.4. The number of nitrogens with zero attached hydrogens (tertiary/aromatic N) is 6. The topological polar surface area (TPSA) is 87.2 Å². The summed E-state index contributed by atoms with van der Waals surface area (Å²) in [6.45, 7) is 5.96. The number of pyridine rings is 1. The van der Waals surface area contributed by atoms with Crippen LogP contribution in [0.1, 0.15) is 30.5 Å². The molecule has 0 saturated carbocycles. The van der Waals surface area contributed by atoms with Crippen molar-refractivity contribution in [3.63, 3.8) is 0 Å². The van der Waals surface area contributed by atoms with Crippen molar-refractivity contribution >= 4 is 33.6 Å². The Kier molecular flexibility index (Phi) is 7.50. The lowest BCUT2D eigenvalue weighted by molar-refractivity contribution is 0.751. The van der Waals surface area contributed by atoms with Crippen molar-refractivity contribution < 1.29 is 0 Å². The molecule has 0 fully saturated rings. The van der Waals surface area contributed by atoms with Gasteiger partial charge in [0.05, 0.1) is 23.5 Å². The maximum Gasteiger partial charge on any atom is 0.289 e. The fraction of sp³-hybridized carbons (Fsp3) is 0.227. The summed E-state index contributed by atoms with van der Waals surface area (Å²) in [4.78, 5) is 17.8. The summed E-state index contributed by atoms with van der Waals surface area (Å²) in [6.07, 6.45) is 3.25. The molecule has 7 nitrogen and oxygen atoms in total. The zero-order chi connectivity index (χ0) is 22.4. The first kappa shape index (κ1) is 22.6. The van der Waals surface area contributed by atoms with E-state index in [1.807, 2.05) is 45.0 Å². The molecule has 0 N–H and O–H groups in total. The van der Waals surface area contributed by atoms with E-state index in [4.69, 9.17) is 0 Å². The van der Waals surface area contributed by atoms with Crippen LogP contribution in [0.25, 0.3) is 5.82 Å². The molecule has 1 aromatic carbocycles. The monoisotopic (exact) mass is 450 g/mol. The van der Waals surface area contributed by atoms with Crippen molar-refractivity contribution in [2.24, 2.45) is 5.10 Å². The van der Waals surface area contributed by atoms with Crippen LogP contribution >= 0.6 is 23.5 Å². The highest BCUT2D eigenvalue weighted by Crippen LogP contribution is 2.36. The van der Waals surface area contributed by atoms with E-state index in [9.17, 15) is 10.1 Å². The summed E-state index contributed by atoms with van der Waals surface area (Å²) in [5.74, 6) is 1.07. The Morgan fingerprint density at radius 1 is 1.23 bits per heavy atom. The molecular formula is C22H22N6OS2. The van der Waals surface area contributed by atoms with E-state index in [0.29, 0.717) is 27.7 Å². The Morgan fingerprint density at radius 3 is 2.74 bits per heavy atom. The maximum atomic E-state index is 13.0. The van der Waals surface area contributed by atoms with Crippen molar-refractivity contribution in [3.8, 4) is 11.9 Å². The molecule has 3 aromatic rings. The number of fused-ring (bicyclic) bond motifs is 1. The second-order valence-electron chi connectivity index (χ2n) is 6.32. The molecule has 31 heavy (non-hydrogen) atoms. The molecule has 0 radical (unpaired) electrons. The lowest BCUT2D eigenvalue weighted by Crippen LogP contribution is -2.28. The second-order valence-corrected chi connectivity index (χ2v) is 8.54. The summed E-state index contributed by atoms with van der Waals surface area (Å²) >= 11 is 2.82. The first-order valence-electron chi connectivity index (χ1n) is 9.73. The predicted molar refractivity (Wildman–Crippen MR) is 128 cm³/mol. The number of benzene rings is 1. The average Bonchev–Trinajstić information content (AvgIpc) is 2.80. The van der Waals surface area contributed by atoms with Gasteiger partial charge in [0.1, 0.15) is 4.90 Å². The lowest BCUT2D eigenvalue weighted by atomic mass is 10.1. The molecule has 1 aliphatic rings. The minimum atomic E-state index is -0.237. The van der Waals surface area contributed by atoms with Crippen molar-refractivity contribution in [1.82, 2.24) is 14.8 Å². The Bertz CT molecular complexity index is 1200. The number of hydrogen-bond acceptors (Lipinski definition) is 8. The van der Waals surface area contributed by atoms with E-state index in [0.717, 1.165) is 15.5 Å². The van der Waals surface area contributed by atoms with Gasteiger partial charge in [-0.05, 0) is 36.2 Å². The molecule has 0 amide bonds. The summed E-state index contributed by atoms with van der Waals surface area (Å²) in [5, 5.41) is 19.8. The first-order chi connectivity index (χ1) is 15.1. The highest BCUT2D eigenvalue weighted by atomic mass is 32.2. The van der Waals surface area contributed by atoms with E-state index >= 15 is 0 Å². The standard InChI is InChI=1S/C20H16N6OS2.C2H6/c1-13-6-7-14(15(9-13)10-21)12-28-20-24-25(2)16-11-23-26(19(27)18(16)29-20)17-5-3-4-8-22-17;1-2/h3-9,11H,12H2,1-2H3;1-2H3. The summed E-state index contributed by atoms with van der Waals surface area (Å²) < 4.78 is 2.03. The molecule has 0 saturated heterocycles. The summed E-state index contributed by atoms with van der Waals surface area (Å²) in [6, 6.07) is 13.4. The first-order valence-corrected chi connectivity index (χ1v) is 11.5. The van der Waals surface area contributed by atoms with Gasteiger partial charge in [0.25, 0.3) is 5.56 Å². The second kappa shape index (κ2) is 10.3. The van der Waals surface area contributed by atoms with Gasteiger partial charge in [0.2, 0.25) is 0 Å². The molecule has 1 aliphatic heterocycles. The SMILES string of the molecule is CC.Cc1ccc(CSC2=NN(C)c3cnn(-c4ccccn4)c(=O)c3S2)c(C#N)c1. The van der Waals surface area contributed by atoms with Gasteiger partial charge in [-0.3, -0.25) is 9.80 Å². The Balaban J connectivity index is 0.00000132. The average molecular weight is 451 g/mol. The third kappa shape index (κ3) is 4.98. The van der Waals surface area contributed by atoms with Gasteiger partial charge in [-0.15, -0.1) is 0 Å². The maximum absolute atomic E-state index is 13.0. The number of aromatic nitrogens is 3. The van der Waals surface area contributed by atoms with Crippen LogP contribution < -0.4 is 10.6 Å². The van der Waals surface area contributed by atoms with E-state index in [-0.39, 0.29) is 5.56 Å². The number of thioether (sulfide) groups is 2. The number of hydrogen-bond donors (Lipinski definition) is 0. The molecule has 0 unspecified atom stereocenters. The number of rotatable bonds is 3. The molecule has 158 valence electrons.